The van der Waals surface area contributed by atoms with Crippen molar-refractivity contribution in [1.29, 1.82) is 0 Å². The third-order valence-electron chi connectivity index (χ3n) is 7.67. The first-order valence-electron chi connectivity index (χ1n) is 12.1. The molecule has 0 saturated heterocycles. The van der Waals surface area contributed by atoms with Crippen molar-refractivity contribution in [2.45, 2.75) is 96.8 Å². The lowest BCUT2D eigenvalue weighted by Gasteiger charge is -2.41. The van der Waals surface area contributed by atoms with E-state index in [1.807, 2.05) is 11.3 Å². The Kier molecular flexibility index (Phi) is 5.92. The molecule has 1 aliphatic carbocycles. The smallest absolute Gasteiger partial charge is 0.151 e. The Labute approximate surface area is 194 Å². The molecule has 0 atom stereocenters. The van der Waals surface area contributed by atoms with E-state index in [-0.39, 0.29) is 16.2 Å². The highest BCUT2D eigenvalue weighted by molar-refractivity contribution is 7.28. The van der Waals surface area contributed by atoms with Crippen LogP contribution in [0.15, 0.2) is 42.5 Å². The second-order valence-corrected chi connectivity index (χ2v) is 12.7. The molecule has 0 fully saturated rings. The highest BCUT2D eigenvalue weighted by Gasteiger charge is 2.37. The monoisotopic (exact) mass is 429 g/mol. The maximum absolute atomic E-state index is 2.49. The molecule has 31 heavy (non-hydrogen) atoms. The third-order valence-corrected chi connectivity index (χ3v) is 8.71. The molecule has 0 aliphatic heterocycles. The van der Waals surface area contributed by atoms with Crippen molar-refractivity contribution < 1.29 is 0 Å². The lowest BCUT2D eigenvalue weighted by molar-refractivity contribution is 0.332. The molecular weight excluding hydrogens is 391 g/mol. The number of unbranched alkanes of at least 4 members (excludes halogenated alkanes) is 1. The van der Waals surface area contributed by atoms with Gasteiger partial charge in [0.15, 0.2) is 0 Å². The third kappa shape index (κ3) is 4.51. The summed E-state index contributed by atoms with van der Waals surface area (Å²) in [5.74, 6) is 0. The van der Waals surface area contributed by atoms with Gasteiger partial charge in [-0.05, 0) is 80.6 Å². The van der Waals surface area contributed by atoms with Crippen molar-refractivity contribution in [3.8, 4) is 0 Å². The summed E-state index contributed by atoms with van der Waals surface area (Å²) in [6, 6.07) is 16.6. The van der Waals surface area contributed by atoms with E-state index in [0.717, 1.165) is 0 Å². The molecule has 1 heterocycles. The van der Waals surface area contributed by atoms with Crippen LogP contribution in [0.5, 0.6) is 0 Å². The molecule has 0 saturated carbocycles. The van der Waals surface area contributed by atoms with Gasteiger partial charge in [-0.15, -0.1) is 0 Å². The van der Waals surface area contributed by atoms with Crippen LogP contribution < -0.4 is 10.2 Å². The molecule has 1 radical (unpaired) electrons. The van der Waals surface area contributed by atoms with Gasteiger partial charge < -0.3 is 0 Å². The summed E-state index contributed by atoms with van der Waals surface area (Å²) in [6.07, 6.45) is 6.34. The van der Waals surface area contributed by atoms with Crippen LogP contribution in [0.4, 0.5) is 0 Å². The normalized spacial score (nSPS) is 17.5. The number of rotatable bonds is 6. The highest BCUT2D eigenvalue weighted by Crippen LogP contribution is 2.47. The van der Waals surface area contributed by atoms with Crippen molar-refractivity contribution in [3.05, 3.63) is 59.2 Å². The summed E-state index contributed by atoms with van der Waals surface area (Å²) in [7, 11) is 2.35. The van der Waals surface area contributed by atoms with E-state index in [2.05, 4.69) is 98.2 Å². The van der Waals surface area contributed by atoms with Crippen molar-refractivity contribution in [1.82, 2.24) is 0 Å². The predicted molar refractivity (Wildman–Crippen MR) is 141 cm³/mol. The van der Waals surface area contributed by atoms with E-state index in [1.54, 1.807) is 11.1 Å². The first kappa shape index (κ1) is 22.7. The molecule has 3 aromatic rings. The van der Waals surface area contributed by atoms with Crippen LogP contribution in [0.2, 0.25) is 0 Å². The number of benzene rings is 2. The average Bonchev–Trinajstić information content (AvgIpc) is 3.11. The molecule has 0 amide bonds. The van der Waals surface area contributed by atoms with Crippen molar-refractivity contribution in [2.24, 2.45) is 0 Å². The maximum atomic E-state index is 2.49. The second kappa shape index (κ2) is 8.11. The minimum Gasteiger partial charge on any atom is -0.151 e. The summed E-state index contributed by atoms with van der Waals surface area (Å²) in [5, 5.41) is 1.40. The van der Waals surface area contributed by atoms with E-state index in [1.165, 1.54) is 58.0 Å². The Morgan fingerprint density at radius 2 is 1.52 bits per heavy atom. The molecule has 4 rings (SSSR count). The predicted octanol–water partition coefficient (Wildman–Crippen LogP) is 7.37. The fraction of sp³-hybridized carbons (Fsp3) is 0.517. The Bertz CT molecular complexity index is 1010. The van der Waals surface area contributed by atoms with E-state index in [4.69, 9.17) is 0 Å². The molecule has 1 aromatic heterocycles. The van der Waals surface area contributed by atoms with Crippen LogP contribution in [-0.2, 0) is 16.2 Å². The molecule has 0 bridgehead atoms. The molecule has 0 N–H and O–H groups in total. The Morgan fingerprint density at radius 3 is 2.13 bits per heavy atom. The van der Waals surface area contributed by atoms with Gasteiger partial charge in [-0.2, -0.15) is 11.3 Å². The summed E-state index contributed by atoms with van der Waals surface area (Å²) >= 11 is 1.93. The van der Waals surface area contributed by atoms with Crippen molar-refractivity contribution in [3.63, 3.8) is 0 Å². The van der Waals surface area contributed by atoms with Gasteiger partial charge in [-0.3, -0.25) is 0 Å². The van der Waals surface area contributed by atoms with Crippen molar-refractivity contribution >= 4 is 38.9 Å². The van der Waals surface area contributed by atoms with E-state index >= 15 is 0 Å². The molecular formula is C29H38BS. The number of thiophene rings is 1. The summed E-state index contributed by atoms with van der Waals surface area (Å²) in [5.41, 5.74) is 6.66. The lowest BCUT2D eigenvalue weighted by atomic mass is 9.63. The quantitative estimate of drug-likeness (QED) is 0.359. The lowest BCUT2D eigenvalue weighted by Crippen LogP contribution is -2.33. The SMILES string of the molecule is CCCCC(C)(C)c1ccc([B]c2cc3cc4c(cc3s2)C(C)(C)CCC4(C)C)cc1. The second-order valence-electron chi connectivity index (χ2n) is 11.6. The first-order valence-corrected chi connectivity index (χ1v) is 12.9. The summed E-state index contributed by atoms with van der Waals surface area (Å²) in [4.78, 5) is 0. The molecule has 163 valence electrons. The van der Waals surface area contributed by atoms with Crippen LogP contribution in [0.25, 0.3) is 10.1 Å². The number of hydrogen-bond donors (Lipinski definition) is 0. The van der Waals surface area contributed by atoms with Gasteiger partial charge in [0.1, 0.15) is 0 Å². The maximum Gasteiger partial charge on any atom is 0.205 e. The Morgan fingerprint density at radius 1 is 0.903 bits per heavy atom. The highest BCUT2D eigenvalue weighted by atomic mass is 32.1. The molecule has 2 heteroatoms. The minimum absolute atomic E-state index is 0.255. The topological polar surface area (TPSA) is 0 Å². The zero-order chi connectivity index (χ0) is 22.4. The van der Waals surface area contributed by atoms with Crippen LogP contribution in [0, 0.1) is 0 Å². The van der Waals surface area contributed by atoms with Gasteiger partial charge in [-0.1, -0.05) is 91.0 Å². The zero-order valence-corrected chi connectivity index (χ0v) is 21.4. The fourth-order valence-corrected chi connectivity index (χ4v) is 6.20. The Balaban J connectivity index is 1.60. The van der Waals surface area contributed by atoms with Crippen molar-refractivity contribution in [2.75, 3.05) is 0 Å². The van der Waals surface area contributed by atoms with Gasteiger partial charge in [-0.25, -0.2) is 0 Å². The van der Waals surface area contributed by atoms with E-state index in [0.29, 0.717) is 0 Å². The molecule has 1 aliphatic rings. The first-order chi connectivity index (χ1) is 14.5. The van der Waals surface area contributed by atoms with Gasteiger partial charge in [0.25, 0.3) is 0 Å². The van der Waals surface area contributed by atoms with Gasteiger partial charge in [0.05, 0.1) is 0 Å². The molecule has 0 spiro atoms. The van der Waals surface area contributed by atoms with Gasteiger partial charge >= 0.3 is 0 Å². The largest absolute Gasteiger partial charge is 0.205 e. The van der Waals surface area contributed by atoms with Gasteiger partial charge in [0, 0.05) is 4.70 Å². The Hall–Kier alpha value is -1.54. The standard InChI is InChI=1S/C29H38BS/c1-8-9-14-27(2,3)21-10-12-22(13-11-21)30-26-18-20-17-23-24(19-25(20)31-26)29(6,7)16-15-28(23,4)5/h10-13,17-19H,8-9,14-16H2,1-7H3. The van der Waals surface area contributed by atoms with Crippen LogP contribution in [0.3, 0.4) is 0 Å². The number of fused-ring (bicyclic) bond motifs is 2. The fourth-order valence-electron chi connectivity index (χ4n) is 5.15. The van der Waals surface area contributed by atoms with Crippen LogP contribution in [-0.4, -0.2) is 7.28 Å². The molecule has 0 nitrogen and oxygen atoms in total. The summed E-state index contributed by atoms with van der Waals surface area (Å²) in [6.45, 7) is 16.7. The number of hydrogen-bond acceptors (Lipinski definition) is 1. The van der Waals surface area contributed by atoms with E-state index in [9.17, 15) is 0 Å². The average molecular weight is 430 g/mol. The summed E-state index contributed by atoms with van der Waals surface area (Å²) < 4.78 is 2.78. The van der Waals surface area contributed by atoms with Crippen LogP contribution in [0.1, 0.15) is 97.3 Å². The van der Waals surface area contributed by atoms with Crippen LogP contribution >= 0.6 is 11.3 Å². The van der Waals surface area contributed by atoms with E-state index < -0.39 is 0 Å². The minimum atomic E-state index is 0.255. The van der Waals surface area contributed by atoms with Gasteiger partial charge in [0.2, 0.25) is 7.28 Å². The molecule has 0 unspecified atom stereocenters. The zero-order valence-electron chi connectivity index (χ0n) is 20.6. The molecule has 2 aromatic carbocycles.